The lowest BCUT2D eigenvalue weighted by atomic mass is 10.0. The van der Waals surface area contributed by atoms with Gasteiger partial charge in [0, 0.05) is 18.3 Å². The van der Waals surface area contributed by atoms with E-state index >= 15 is 0 Å². The molecule has 0 saturated heterocycles. The van der Waals surface area contributed by atoms with Crippen LogP contribution in [0.5, 0.6) is 0 Å². The van der Waals surface area contributed by atoms with Crippen molar-refractivity contribution < 1.29 is 4.79 Å². The van der Waals surface area contributed by atoms with E-state index in [4.69, 9.17) is 5.73 Å². The van der Waals surface area contributed by atoms with Crippen molar-refractivity contribution in [3.8, 4) is 0 Å². The molecule has 1 aliphatic rings. The van der Waals surface area contributed by atoms with Gasteiger partial charge >= 0.3 is 0 Å². The van der Waals surface area contributed by atoms with Gasteiger partial charge in [-0.2, -0.15) is 0 Å². The third-order valence-corrected chi connectivity index (χ3v) is 3.45. The van der Waals surface area contributed by atoms with E-state index in [0.717, 1.165) is 32.1 Å². The highest BCUT2D eigenvalue weighted by Crippen LogP contribution is 2.16. The van der Waals surface area contributed by atoms with Crippen molar-refractivity contribution in [1.82, 2.24) is 10.3 Å². The maximum Gasteiger partial charge on any atom is 0.260 e. The summed E-state index contributed by atoms with van der Waals surface area (Å²) in [5, 5.41) is 2.88. The Morgan fingerprint density at radius 3 is 2.89 bits per heavy atom. The number of pyridine rings is 1. The molecule has 4 N–H and O–H groups in total. The van der Waals surface area contributed by atoms with Gasteiger partial charge in [-0.15, -0.1) is 0 Å². The highest BCUT2D eigenvalue weighted by Gasteiger charge is 2.23. The van der Waals surface area contributed by atoms with Crippen molar-refractivity contribution in [3.63, 3.8) is 0 Å². The van der Waals surface area contributed by atoms with Crippen molar-refractivity contribution in [1.29, 1.82) is 0 Å². The van der Waals surface area contributed by atoms with Crippen LogP contribution < -0.4 is 16.6 Å². The Labute approximate surface area is 106 Å². The first kappa shape index (κ1) is 12.8. The number of carbonyl (C=O) groups excluding carboxylic acids is 1. The number of amides is 1. The highest BCUT2D eigenvalue weighted by molar-refractivity contribution is 5.93. The minimum atomic E-state index is -0.364. The predicted octanol–water partition coefficient (Wildman–Crippen LogP) is 0.765. The third-order valence-electron chi connectivity index (χ3n) is 3.45. The highest BCUT2D eigenvalue weighted by atomic mass is 16.2. The van der Waals surface area contributed by atoms with E-state index in [-0.39, 0.29) is 29.1 Å². The summed E-state index contributed by atoms with van der Waals surface area (Å²) in [5.74, 6) is -0.334. The average Bonchev–Trinajstić information content (AvgIpc) is 2.55. The van der Waals surface area contributed by atoms with Crippen molar-refractivity contribution >= 4 is 5.91 Å². The van der Waals surface area contributed by atoms with Crippen molar-refractivity contribution in [3.05, 3.63) is 34.2 Å². The molecule has 1 saturated carbocycles. The van der Waals surface area contributed by atoms with Crippen LogP contribution in [0.4, 0.5) is 0 Å². The lowest BCUT2D eigenvalue weighted by molar-refractivity contribution is 0.0927. The maximum atomic E-state index is 12.0. The van der Waals surface area contributed by atoms with Gasteiger partial charge in [-0.3, -0.25) is 9.59 Å². The van der Waals surface area contributed by atoms with Gasteiger partial charge in [-0.1, -0.05) is 19.3 Å². The number of nitrogens with two attached hydrogens (primary N) is 1. The summed E-state index contributed by atoms with van der Waals surface area (Å²) in [6.45, 7) is 0. The number of carbonyl (C=O) groups is 1. The van der Waals surface area contributed by atoms with E-state index < -0.39 is 0 Å². The van der Waals surface area contributed by atoms with Gasteiger partial charge in [-0.25, -0.2) is 0 Å². The lowest BCUT2D eigenvalue weighted by Gasteiger charge is -2.22. The van der Waals surface area contributed by atoms with Gasteiger partial charge in [0.05, 0.1) is 0 Å². The molecule has 5 nitrogen and oxygen atoms in total. The molecule has 1 aromatic rings. The Kier molecular flexibility index (Phi) is 4.15. The SMILES string of the molecule is NC1CCCCCC1NC(=O)c1ccc[nH]c1=O. The van der Waals surface area contributed by atoms with E-state index in [9.17, 15) is 9.59 Å². The number of nitrogens with one attached hydrogen (secondary N) is 2. The molecule has 1 fully saturated rings. The summed E-state index contributed by atoms with van der Waals surface area (Å²) in [4.78, 5) is 26.0. The monoisotopic (exact) mass is 249 g/mol. The predicted molar refractivity (Wildman–Crippen MR) is 69.4 cm³/mol. The van der Waals surface area contributed by atoms with Crippen molar-refractivity contribution in [2.45, 2.75) is 44.2 Å². The second-order valence-corrected chi connectivity index (χ2v) is 4.79. The number of aromatic nitrogens is 1. The normalized spacial score (nSPS) is 24.3. The average molecular weight is 249 g/mol. The van der Waals surface area contributed by atoms with Gasteiger partial charge in [-0.05, 0) is 25.0 Å². The van der Waals surface area contributed by atoms with Crippen LogP contribution in [-0.4, -0.2) is 23.0 Å². The molecule has 0 spiro atoms. The molecule has 2 rings (SSSR count). The Morgan fingerprint density at radius 1 is 1.33 bits per heavy atom. The molecule has 1 aliphatic carbocycles. The van der Waals surface area contributed by atoms with E-state index in [1.54, 1.807) is 6.07 Å². The second kappa shape index (κ2) is 5.82. The number of aromatic amines is 1. The number of rotatable bonds is 2. The largest absolute Gasteiger partial charge is 0.348 e. The van der Waals surface area contributed by atoms with Crippen molar-refractivity contribution in [2.75, 3.05) is 0 Å². The van der Waals surface area contributed by atoms with Crippen LogP contribution in [-0.2, 0) is 0 Å². The van der Waals surface area contributed by atoms with Crippen LogP contribution >= 0.6 is 0 Å². The first-order valence-electron chi connectivity index (χ1n) is 6.42. The fraction of sp³-hybridized carbons (Fsp3) is 0.538. The smallest absolute Gasteiger partial charge is 0.260 e. The van der Waals surface area contributed by atoms with Gasteiger partial charge < -0.3 is 16.0 Å². The molecule has 1 aromatic heterocycles. The van der Waals surface area contributed by atoms with Gasteiger partial charge in [0.2, 0.25) is 0 Å². The van der Waals surface area contributed by atoms with Crippen LogP contribution in [0.15, 0.2) is 23.1 Å². The van der Waals surface area contributed by atoms with Crippen LogP contribution in [0, 0.1) is 0 Å². The fourth-order valence-corrected chi connectivity index (χ4v) is 2.36. The molecule has 0 aliphatic heterocycles. The summed E-state index contributed by atoms with van der Waals surface area (Å²) in [5.41, 5.74) is 5.83. The number of hydrogen-bond acceptors (Lipinski definition) is 3. The topological polar surface area (TPSA) is 88.0 Å². The molecule has 2 atom stereocenters. The van der Waals surface area contributed by atoms with E-state index in [0.29, 0.717) is 0 Å². The molecule has 1 heterocycles. The summed E-state index contributed by atoms with van der Waals surface area (Å²) in [6.07, 6.45) is 6.67. The van der Waals surface area contributed by atoms with Crippen LogP contribution in [0.1, 0.15) is 42.5 Å². The molecule has 2 unspecified atom stereocenters. The Bertz CT molecular complexity index is 469. The van der Waals surface area contributed by atoms with Crippen LogP contribution in [0.3, 0.4) is 0 Å². The molecule has 0 bridgehead atoms. The zero-order chi connectivity index (χ0) is 13.0. The summed E-state index contributed by atoms with van der Waals surface area (Å²) in [6, 6.07) is 3.12. The minimum absolute atomic E-state index is 0.0146. The molecule has 0 aromatic carbocycles. The molecule has 0 radical (unpaired) electrons. The number of hydrogen-bond donors (Lipinski definition) is 3. The summed E-state index contributed by atoms with van der Waals surface area (Å²) >= 11 is 0. The van der Waals surface area contributed by atoms with Gasteiger partial charge in [0.15, 0.2) is 0 Å². The quantitative estimate of drug-likeness (QED) is 0.676. The van der Waals surface area contributed by atoms with E-state index in [1.807, 2.05) is 0 Å². The van der Waals surface area contributed by atoms with E-state index in [1.165, 1.54) is 12.3 Å². The van der Waals surface area contributed by atoms with Gasteiger partial charge in [0.25, 0.3) is 11.5 Å². The third kappa shape index (κ3) is 2.98. The molecule has 18 heavy (non-hydrogen) atoms. The minimum Gasteiger partial charge on any atom is -0.348 e. The summed E-state index contributed by atoms with van der Waals surface area (Å²) in [7, 11) is 0. The summed E-state index contributed by atoms with van der Waals surface area (Å²) < 4.78 is 0. The molecule has 98 valence electrons. The molecule has 1 amide bonds. The second-order valence-electron chi connectivity index (χ2n) is 4.79. The molecular formula is C13H19N3O2. The molecule has 5 heteroatoms. The first-order chi connectivity index (χ1) is 8.68. The Morgan fingerprint density at radius 2 is 2.11 bits per heavy atom. The Hall–Kier alpha value is -1.62. The van der Waals surface area contributed by atoms with Crippen LogP contribution in [0.2, 0.25) is 0 Å². The van der Waals surface area contributed by atoms with Gasteiger partial charge in [0.1, 0.15) is 5.56 Å². The maximum absolute atomic E-state index is 12.0. The standard InChI is InChI=1S/C13H19N3O2/c14-10-6-2-1-3-7-11(10)16-13(18)9-5-4-8-15-12(9)17/h4-5,8,10-11H,1-3,6-7,14H2,(H,15,17)(H,16,18). The Balaban J connectivity index is 2.06. The zero-order valence-electron chi connectivity index (χ0n) is 10.3. The zero-order valence-corrected chi connectivity index (χ0v) is 10.3. The number of H-pyrrole nitrogens is 1. The fourth-order valence-electron chi connectivity index (χ4n) is 2.36. The van der Waals surface area contributed by atoms with E-state index in [2.05, 4.69) is 10.3 Å². The van der Waals surface area contributed by atoms with Crippen LogP contribution in [0.25, 0.3) is 0 Å². The van der Waals surface area contributed by atoms with Crippen molar-refractivity contribution in [2.24, 2.45) is 5.73 Å². The molecular weight excluding hydrogens is 230 g/mol. The first-order valence-corrected chi connectivity index (χ1v) is 6.42. The lowest BCUT2D eigenvalue weighted by Crippen LogP contribution is -2.47.